The SMILES string of the molecule is CCOC(=O)CNS(=O)(=O)c1ccc(N2CCCC2=O)cc1. The number of carbonyl (C=O) groups excluding carboxylic acids is 2. The van der Waals surface area contributed by atoms with E-state index in [1.807, 2.05) is 0 Å². The molecule has 0 aliphatic carbocycles. The summed E-state index contributed by atoms with van der Waals surface area (Å²) in [4.78, 5) is 24.5. The first kappa shape index (κ1) is 16.4. The highest BCUT2D eigenvalue weighted by Crippen LogP contribution is 2.22. The van der Waals surface area contributed by atoms with Crippen molar-refractivity contribution in [1.29, 1.82) is 0 Å². The Hall–Kier alpha value is -1.93. The fraction of sp³-hybridized carbons (Fsp3) is 0.429. The number of ether oxygens (including phenoxy) is 1. The molecule has 0 bridgehead atoms. The van der Waals surface area contributed by atoms with E-state index in [9.17, 15) is 18.0 Å². The van der Waals surface area contributed by atoms with Crippen molar-refractivity contribution in [2.75, 3.05) is 24.6 Å². The van der Waals surface area contributed by atoms with Gasteiger partial charge in [-0.1, -0.05) is 0 Å². The number of benzene rings is 1. The first-order valence-electron chi connectivity index (χ1n) is 7.00. The lowest BCUT2D eigenvalue weighted by Gasteiger charge is -2.16. The fourth-order valence-electron chi connectivity index (χ4n) is 2.18. The number of nitrogens with one attached hydrogen (secondary N) is 1. The first-order chi connectivity index (χ1) is 10.4. The summed E-state index contributed by atoms with van der Waals surface area (Å²) in [6.45, 7) is 2.07. The van der Waals surface area contributed by atoms with E-state index in [4.69, 9.17) is 0 Å². The van der Waals surface area contributed by atoms with Gasteiger partial charge in [-0.3, -0.25) is 9.59 Å². The van der Waals surface area contributed by atoms with Crippen molar-refractivity contribution in [1.82, 2.24) is 4.72 Å². The molecule has 0 saturated carbocycles. The first-order valence-corrected chi connectivity index (χ1v) is 8.48. The minimum atomic E-state index is -3.78. The number of hydrogen-bond acceptors (Lipinski definition) is 5. The maximum absolute atomic E-state index is 12.0. The average Bonchev–Trinajstić information content (AvgIpc) is 2.92. The van der Waals surface area contributed by atoms with Crippen LogP contribution in [0.5, 0.6) is 0 Å². The van der Waals surface area contributed by atoms with Crippen molar-refractivity contribution in [2.24, 2.45) is 0 Å². The molecule has 8 heteroatoms. The van der Waals surface area contributed by atoms with Crippen LogP contribution < -0.4 is 9.62 Å². The Bertz CT molecular complexity index is 654. The maximum atomic E-state index is 12.0. The average molecular weight is 326 g/mol. The van der Waals surface area contributed by atoms with Gasteiger partial charge in [-0.25, -0.2) is 8.42 Å². The smallest absolute Gasteiger partial charge is 0.321 e. The molecular weight excluding hydrogens is 308 g/mol. The lowest BCUT2D eigenvalue weighted by atomic mass is 10.3. The summed E-state index contributed by atoms with van der Waals surface area (Å²) in [6.07, 6.45) is 1.32. The van der Waals surface area contributed by atoms with Crippen LogP contribution >= 0.6 is 0 Å². The molecule has 0 unspecified atom stereocenters. The molecule has 1 aromatic carbocycles. The van der Waals surface area contributed by atoms with Gasteiger partial charge in [0.1, 0.15) is 6.54 Å². The van der Waals surface area contributed by atoms with Crippen LogP contribution in [0.2, 0.25) is 0 Å². The second-order valence-corrected chi connectivity index (χ2v) is 6.54. The normalized spacial score (nSPS) is 15.1. The molecule has 0 radical (unpaired) electrons. The lowest BCUT2D eigenvalue weighted by Crippen LogP contribution is -2.30. The largest absolute Gasteiger partial charge is 0.465 e. The molecule has 1 saturated heterocycles. The van der Waals surface area contributed by atoms with E-state index in [-0.39, 0.29) is 17.4 Å². The molecule has 1 fully saturated rings. The second-order valence-electron chi connectivity index (χ2n) is 4.77. The van der Waals surface area contributed by atoms with E-state index < -0.39 is 22.5 Å². The third-order valence-electron chi connectivity index (χ3n) is 3.24. The summed E-state index contributed by atoms with van der Waals surface area (Å²) in [5.74, 6) is -0.596. The zero-order valence-electron chi connectivity index (χ0n) is 12.2. The van der Waals surface area contributed by atoms with Crippen LogP contribution in [-0.4, -0.2) is 40.0 Å². The van der Waals surface area contributed by atoms with Crippen molar-refractivity contribution in [3.8, 4) is 0 Å². The Balaban J connectivity index is 2.05. The summed E-state index contributed by atoms with van der Waals surface area (Å²) in [5, 5.41) is 0. The van der Waals surface area contributed by atoms with Gasteiger partial charge >= 0.3 is 5.97 Å². The van der Waals surface area contributed by atoms with Gasteiger partial charge in [0, 0.05) is 18.7 Å². The molecule has 0 atom stereocenters. The third kappa shape index (κ3) is 3.83. The van der Waals surface area contributed by atoms with Gasteiger partial charge < -0.3 is 9.64 Å². The third-order valence-corrected chi connectivity index (χ3v) is 4.66. The van der Waals surface area contributed by atoms with Gasteiger partial charge in [0.15, 0.2) is 0 Å². The van der Waals surface area contributed by atoms with Crippen LogP contribution in [0.4, 0.5) is 5.69 Å². The van der Waals surface area contributed by atoms with Crippen molar-refractivity contribution < 1.29 is 22.7 Å². The monoisotopic (exact) mass is 326 g/mol. The molecule has 1 amide bonds. The predicted octanol–water partition coefficient (Wildman–Crippen LogP) is 0.655. The Morgan fingerprint density at radius 1 is 1.32 bits per heavy atom. The molecule has 1 heterocycles. The number of hydrogen-bond donors (Lipinski definition) is 1. The molecule has 0 aromatic heterocycles. The van der Waals surface area contributed by atoms with Crippen LogP contribution in [-0.2, 0) is 24.3 Å². The van der Waals surface area contributed by atoms with E-state index >= 15 is 0 Å². The Morgan fingerprint density at radius 3 is 2.55 bits per heavy atom. The Morgan fingerprint density at radius 2 is 2.00 bits per heavy atom. The van der Waals surface area contributed by atoms with Crippen molar-refractivity contribution >= 4 is 27.6 Å². The zero-order chi connectivity index (χ0) is 16.2. The van der Waals surface area contributed by atoms with Crippen LogP contribution in [0, 0.1) is 0 Å². The van der Waals surface area contributed by atoms with Crippen molar-refractivity contribution in [2.45, 2.75) is 24.7 Å². The second kappa shape index (κ2) is 6.89. The van der Waals surface area contributed by atoms with Crippen molar-refractivity contribution in [3.05, 3.63) is 24.3 Å². The van der Waals surface area contributed by atoms with Gasteiger partial charge in [-0.15, -0.1) is 0 Å². The van der Waals surface area contributed by atoms with Crippen LogP contribution in [0.1, 0.15) is 19.8 Å². The zero-order valence-corrected chi connectivity index (χ0v) is 13.1. The minimum absolute atomic E-state index is 0.0344. The number of amides is 1. The molecule has 120 valence electrons. The van der Waals surface area contributed by atoms with E-state index in [0.717, 1.165) is 6.42 Å². The molecule has 0 spiro atoms. The molecule has 1 N–H and O–H groups in total. The summed E-state index contributed by atoms with van der Waals surface area (Å²) < 4.78 is 30.9. The van der Waals surface area contributed by atoms with Gasteiger partial charge in [0.05, 0.1) is 11.5 Å². The summed E-state index contributed by atoms with van der Waals surface area (Å²) in [7, 11) is -3.78. The summed E-state index contributed by atoms with van der Waals surface area (Å²) in [6, 6.07) is 5.99. The number of nitrogens with zero attached hydrogens (tertiary/aromatic N) is 1. The molecule has 1 aliphatic rings. The highest BCUT2D eigenvalue weighted by molar-refractivity contribution is 7.89. The van der Waals surface area contributed by atoms with Gasteiger partial charge in [-0.2, -0.15) is 4.72 Å². The Labute approximate surface area is 129 Å². The molecule has 7 nitrogen and oxygen atoms in total. The highest BCUT2D eigenvalue weighted by Gasteiger charge is 2.22. The quantitative estimate of drug-likeness (QED) is 0.775. The highest BCUT2D eigenvalue weighted by atomic mass is 32.2. The predicted molar refractivity (Wildman–Crippen MR) is 79.9 cm³/mol. The number of rotatable bonds is 6. The van der Waals surface area contributed by atoms with Crippen LogP contribution in [0.25, 0.3) is 0 Å². The van der Waals surface area contributed by atoms with Gasteiger partial charge in [0.2, 0.25) is 15.9 Å². The van der Waals surface area contributed by atoms with Crippen molar-refractivity contribution in [3.63, 3.8) is 0 Å². The topological polar surface area (TPSA) is 92.8 Å². The summed E-state index contributed by atoms with van der Waals surface area (Å²) in [5.41, 5.74) is 0.673. The molecule has 1 aromatic rings. The van der Waals surface area contributed by atoms with Crippen LogP contribution in [0.15, 0.2) is 29.2 Å². The molecule has 2 rings (SSSR count). The fourth-order valence-corrected chi connectivity index (χ4v) is 3.14. The lowest BCUT2D eigenvalue weighted by molar-refractivity contribution is -0.141. The van der Waals surface area contributed by atoms with E-state index in [2.05, 4.69) is 9.46 Å². The number of carbonyl (C=O) groups is 2. The van der Waals surface area contributed by atoms with Crippen LogP contribution in [0.3, 0.4) is 0 Å². The number of sulfonamides is 1. The molecular formula is C14H18N2O5S. The van der Waals surface area contributed by atoms with E-state index in [1.54, 1.807) is 24.0 Å². The van der Waals surface area contributed by atoms with Gasteiger partial charge in [0.25, 0.3) is 0 Å². The maximum Gasteiger partial charge on any atom is 0.321 e. The Kier molecular flexibility index (Phi) is 5.15. The molecule has 22 heavy (non-hydrogen) atoms. The number of anilines is 1. The molecule has 1 aliphatic heterocycles. The minimum Gasteiger partial charge on any atom is -0.465 e. The van der Waals surface area contributed by atoms with E-state index in [1.165, 1.54) is 12.1 Å². The summed E-state index contributed by atoms with van der Waals surface area (Å²) >= 11 is 0. The standard InChI is InChI=1S/C14H18N2O5S/c1-2-21-14(18)10-15-22(19,20)12-7-5-11(6-8-12)16-9-3-4-13(16)17/h5-8,15H,2-4,9-10H2,1H3. The van der Waals surface area contributed by atoms with Gasteiger partial charge in [-0.05, 0) is 37.6 Å². The number of esters is 1. The van der Waals surface area contributed by atoms with E-state index in [0.29, 0.717) is 18.7 Å².